The molecule has 0 aromatic heterocycles. The van der Waals surface area contributed by atoms with Gasteiger partial charge in [-0.2, -0.15) is 0 Å². The molecule has 20 heavy (non-hydrogen) atoms. The maximum absolute atomic E-state index is 10.3. The monoisotopic (exact) mass is 276 g/mol. The zero-order valence-electron chi connectivity index (χ0n) is 11.5. The first-order valence-electron chi connectivity index (χ1n) is 6.57. The van der Waals surface area contributed by atoms with Crippen molar-refractivity contribution < 1.29 is 4.74 Å². The molecule has 1 atom stereocenters. The quantitative estimate of drug-likeness (QED) is 0.575. The van der Waals surface area contributed by atoms with Crippen LogP contribution in [-0.2, 0) is 4.74 Å². The molecule has 0 heterocycles. The van der Waals surface area contributed by atoms with E-state index < -0.39 is 0 Å². The topological polar surface area (TPSA) is 41.9 Å². The summed E-state index contributed by atoms with van der Waals surface area (Å²) >= 11 is 0. The van der Waals surface area contributed by atoms with E-state index in [9.17, 15) is 4.91 Å². The molecule has 0 aliphatic rings. The van der Waals surface area contributed by atoms with Crippen molar-refractivity contribution in [3.05, 3.63) is 76.7 Å². The number of benzene rings is 2. The standard InChI is InChI=1S/C16H18N2O2/c1-18(17-19)12-13-20-16(14-8-4-2-5-9-14)15-10-6-3-7-11-15/h2-11,16H,12-13H2,1H3/i2+1,4+1,5+1,8+1,9+1,14+1. The number of hydrogen-bond donors (Lipinski definition) is 0. The van der Waals surface area contributed by atoms with E-state index in [4.69, 9.17) is 4.74 Å². The SMILES string of the molecule is CN(CCOC(c1ccccc1)[13c]1[13cH][13cH][13cH][13cH][13cH]1)N=O. The third-order valence-electron chi connectivity index (χ3n) is 3.04. The Bertz CT molecular complexity index is 477. The lowest BCUT2D eigenvalue weighted by molar-refractivity contribution is 0.0650. The summed E-state index contributed by atoms with van der Waals surface area (Å²) in [7, 11) is 1.64. The van der Waals surface area contributed by atoms with Crippen molar-refractivity contribution >= 4 is 0 Å². The first kappa shape index (κ1) is 14.2. The fraction of sp³-hybridized carbons (Fsp3) is 0.250. The zero-order valence-corrected chi connectivity index (χ0v) is 11.5. The van der Waals surface area contributed by atoms with Gasteiger partial charge in [-0.15, -0.1) is 4.91 Å². The number of ether oxygens (including phenoxy) is 1. The van der Waals surface area contributed by atoms with Gasteiger partial charge >= 0.3 is 0 Å². The summed E-state index contributed by atoms with van der Waals surface area (Å²) < 4.78 is 5.95. The molecule has 104 valence electrons. The largest absolute Gasteiger partial charge is 0.367 e. The molecule has 0 spiro atoms. The molecule has 0 saturated heterocycles. The molecule has 2 aromatic rings. The van der Waals surface area contributed by atoms with Crippen molar-refractivity contribution in [3.8, 4) is 0 Å². The highest BCUT2D eigenvalue weighted by atomic mass is 16.5. The fourth-order valence-corrected chi connectivity index (χ4v) is 1.98. The van der Waals surface area contributed by atoms with E-state index in [-0.39, 0.29) is 6.10 Å². The van der Waals surface area contributed by atoms with Gasteiger partial charge in [0.25, 0.3) is 0 Å². The van der Waals surface area contributed by atoms with Crippen LogP contribution in [0.5, 0.6) is 0 Å². The Labute approximate surface area is 118 Å². The van der Waals surface area contributed by atoms with Gasteiger partial charge in [-0.1, -0.05) is 60.7 Å². The lowest BCUT2D eigenvalue weighted by atomic mass is 10.2. The molecule has 0 saturated carbocycles. The van der Waals surface area contributed by atoms with Crippen molar-refractivity contribution in [2.75, 3.05) is 20.2 Å². The Balaban J connectivity index is 2.11. The van der Waals surface area contributed by atoms with Crippen LogP contribution >= 0.6 is 0 Å². The number of nitrogens with zero attached hydrogens (tertiary/aromatic N) is 2. The van der Waals surface area contributed by atoms with Crippen LogP contribution in [0.25, 0.3) is 0 Å². The van der Waals surface area contributed by atoms with Crippen LogP contribution in [0.2, 0.25) is 0 Å². The molecule has 0 radical (unpaired) electrons. The molecular formula is C16H18N2O2. The van der Waals surface area contributed by atoms with E-state index >= 15 is 0 Å². The summed E-state index contributed by atoms with van der Waals surface area (Å²) in [4.78, 5) is 10.3. The lowest BCUT2D eigenvalue weighted by Crippen LogP contribution is -2.19. The molecular weight excluding hydrogens is 258 g/mol. The maximum Gasteiger partial charge on any atom is 0.108 e. The van der Waals surface area contributed by atoms with E-state index in [1.807, 2.05) is 60.7 Å². The van der Waals surface area contributed by atoms with Crippen molar-refractivity contribution in [1.82, 2.24) is 5.01 Å². The Morgan fingerprint density at radius 2 is 1.50 bits per heavy atom. The molecule has 0 bridgehead atoms. The number of likely N-dealkylation sites (N-methyl/N-ethyl adjacent to an activating group) is 1. The second-order valence-electron chi connectivity index (χ2n) is 4.54. The summed E-state index contributed by atoms with van der Waals surface area (Å²) in [5.41, 5.74) is 2.20. The molecule has 0 fully saturated rings. The highest BCUT2D eigenvalue weighted by Crippen LogP contribution is 2.25. The van der Waals surface area contributed by atoms with Gasteiger partial charge in [-0.05, 0) is 11.1 Å². The smallest absolute Gasteiger partial charge is 0.108 e. The number of nitroso groups, excluding NO2 is 1. The molecule has 0 aliphatic carbocycles. The summed E-state index contributed by atoms with van der Waals surface area (Å²) in [6, 6.07) is 20.1. The molecule has 1 unspecified atom stereocenters. The van der Waals surface area contributed by atoms with E-state index in [0.717, 1.165) is 11.1 Å². The van der Waals surface area contributed by atoms with Crippen molar-refractivity contribution in [2.45, 2.75) is 6.10 Å². The van der Waals surface area contributed by atoms with Crippen LogP contribution < -0.4 is 0 Å². The number of hydrogen-bond acceptors (Lipinski definition) is 3. The average Bonchev–Trinajstić information content (AvgIpc) is 2.53. The first-order valence-corrected chi connectivity index (χ1v) is 6.57. The Hall–Kier alpha value is -2.20. The molecule has 0 amide bonds. The second-order valence-corrected chi connectivity index (χ2v) is 4.54. The highest BCUT2D eigenvalue weighted by molar-refractivity contribution is 5.29. The predicted octanol–water partition coefficient (Wildman–Crippen LogP) is 3.41. The summed E-state index contributed by atoms with van der Waals surface area (Å²) in [5, 5.41) is 4.16. The van der Waals surface area contributed by atoms with Crippen molar-refractivity contribution in [3.63, 3.8) is 0 Å². The van der Waals surface area contributed by atoms with Crippen LogP contribution in [-0.4, -0.2) is 25.2 Å². The summed E-state index contributed by atoms with van der Waals surface area (Å²) in [6.07, 6.45) is -0.127. The Kier molecular flexibility index (Phi) is 5.26. The summed E-state index contributed by atoms with van der Waals surface area (Å²) in [5.74, 6) is 0. The molecule has 4 heteroatoms. The molecule has 2 rings (SSSR count). The molecule has 0 aliphatic heterocycles. The van der Waals surface area contributed by atoms with Crippen molar-refractivity contribution in [2.24, 2.45) is 5.29 Å². The normalized spacial score (nSPS) is 11.8. The minimum absolute atomic E-state index is 0.127. The van der Waals surface area contributed by atoms with Gasteiger partial charge in [0.1, 0.15) is 6.10 Å². The van der Waals surface area contributed by atoms with Gasteiger partial charge < -0.3 is 4.74 Å². The molecule has 0 N–H and O–H groups in total. The second kappa shape index (κ2) is 7.40. The van der Waals surface area contributed by atoms with Crippen LogP contribution in [0.3, 0.4) is 0 Å². The van der Waals surface area contributed by atoms with Crippen LogP contribution in [0.4, 0.5) is 0 Å². The molecule has 2 aromatic carbocycles. The van der Waals surface area contributed by atoms with E-state index in [1.165, 1.54) is 5.01 Å². The average molecular weight is 276 g/mol. The van der Waals surface area contributed by atoms with Gasteiger partial charge in [0, 0.05) is 7.05 Å². The Morgan fingerprint density at radius 3 is 1.95 bits per heavy atom. The fourth-order valence-electron chi connectivity index (χ4n) is 1.98. The third-order valence-corrected chi connectivity index (χ3v) is 3.04. The third kappa shape index (κ3) is 3.90. The number of rotatable bonds is 7. The Morgan fingerprint density at radius 1 is 1.00 bits per heavy atom. The van der Waals surface area contributed by atoms with Gasteiger partial charge in [0.15, 0.2) is 0 Å². The minimum Gasteiger partial charge on any atom is -0.367 e. The van der Waals surface area contributed by atoms with Crippen LogP contribution in [0.15, 0.2) is 65.9 Å². The maximum atomic E-state index is 10.3. The van der Waals surface area contributed by atoms with E-state index in [2.05, 4.69) is 5.29 Å². The van der Waals surface area contributed by atoms with Gasteiger partial charge in [-0.25, -0.2) is 0 Å². The summed E-state index contributed by atoms with van der Waals surface area (Å²) in [6.45, 7) is 0.913. The van der Waals surface area contributed by atoms with Gasteiger partial charge in [0.05, 0.1) is 18.4 Å². The predicted molar refractivity (Wildman–Crippen MR) is 79.1 cm³/mol. The van der Waals surface area contributed by atoms with Gasteiger partial charge in [-0.3, -0.25) is 5.01 Å². The molecule has 4 nitrogen and oxygen atoms in total. The van der Waals surface area contributed by atoms with E-state index in [1.54, 1.807) is 7.05 Å². The van der Waals surface area contributed by atoms with Crippen LogP contribution in [0.1, 0.15) is 17.2 Å². The van der Waals surface area contributed by atoms with Crippen LogP contribution in [0, 0.1) is 4.91 Å². The van der Waals surface area contributed by atoms with Gasteiger partial charge in [0.2, 0.25) is 0 Å². The van der Waals surface area contributed by atoms with Crippen molar-refractivity contribution in [1.29, 1.82) is 0 Å². The minimum atomic E-state index is -0.127. The zero-order chi connectivity index (χ0) is 14.2. The lowest BCUT2D eigenvalue weighted by Gasteiger charge is -2.20. The highest BCUT2D eigenvalue weighted by Gasteiger charge is 2.14. The van der Waals surface area contributed by atoms with E-state index in [0.29, 0.717) is 13.2 Å². The first-order chi connectivity index (χ1) is 9.81.